The number of benzene rings is 1. The van der Waals surface area contributed by atoms with Crippen LogP contribution in [-0.2, 0) is 6.18 Å². The number of hydrogen-bond acceptors (Lipinski definition) is 3. The van der Waals surface area contributed by atoms with Crippen molar-refractivity contribution in [3.63, 3.8) is 0 Å². The van der Waals surface area contributed by atoms with Crippen molar-refractivity contribution in [3.8, 4) is 0 Å². The minimum Gasteiger partial charge on any atom is -0.383 e. The van der Waals surface area contributed by atoms with E-state index in [1.807, 2.05) is 0 Å². The first-order chi connectivity index (χ1) is 8.39. The number of aromatic nitrogens is 1. The summed E-state index contributed by atoms with van der Waals surface area (Å²) >= 11 is 0.299. The highest BCUT2D eigenvalue weighted by molar-refractivity contribution is 7.11. The van der Waals surface area contributed by atoms with Crippen LogP contribution in [0.5, 0.6) is 0 Å². The molecule has 0 spiro atoms. The van der Waals surface area contributed by atoms with Crippen molar-refractivity contribution in [3.05, 3.63) is 51.7 Å². The van der Waals surface area contributed by atoms with Crippen LogP contribution in [0.15, 0.2) is 30.5 Å². The average Bonchev–Trinajstić information content (AvgIpc) is 2.77. The number of nitrogens with zero attached hydrogens (tertiary/aromatic N) is 1. The van der Waals surface area contributed by atoms with Gasteiger partial charge in [-0.1, -0.05) is 18.2 Å². The Kier molecular flexibility index (Phi) is 3.36. The van der Waals surface area contributed by atoms with Gasteiger partial charge in [0.25, 0.3) is 0 Å². The lowest BCUT2D eigenvalue weighted by Crippen LogP contribution is -2.03. The topological polar surface area (TPSA) is 33.1 Å². The summed E-state index contributed by atoms with van der Waals surface area (Å²) in [5.74, 6) is -0.674. The normalized spacial score (nSPS) is 13.6. The zero-order chi connectivity index (χ0) is 13.3. The van der Waals surface area contributed by atoms with E-state index >= 15 is 0 Å². The molecule has 18 heavy (non-hydrogen) atoms. The molecule has 2 nitrogen and oxygen atoms in total. The van der Waals surface area contributed by atoms with E-state index in [9.17, 15) is 22.7 Å². The Morgan fingerprint density at radius 2 is 1.89 bits per heavy atom. The van der Waals surface area contributed by atoms with Gasteiger partial charge in [0.2, 0.25) is 0 Å². The van der Waals surface area contributed by atoms with Crippen molar-refractivity contribution >= 4 is 11.3 Å². The summed E-state index contributed by atoms with van der Waals surface area (Å²) in [7, 11) is 0. The van der Waals surface area contributed by atoms with Gasteiger partial charge in [0.1, 0.15) is 11.9 Å². The van der Waals surface area contributed by atoms with Crippen LogP contribution in [0.4, 0.5) is 17.6 Å². The van der Waals surface area contributed by atoms with E-state index in [1.54, 1.807) is 0 Å². The van der Waals surface area contributed by atoms with Gasteiger partial charge in [0, 0.05) is 11.8 Å². The van der Waals surface area contributed by atoms with Crippen LogP contribution in [0, 0.1) is 5.82 Å². The third kappa shape index (κ3) is 2.51. The fourth-order valence-electron chi connectivity index (χ4n) is 1.39. The monoisotopic (exact) mass is 277 g/mol. The Labute approximate surface area is 104 Å². The third-order valence-electron chi connectivity index (χ3n) is 2.24. The lowest BCUT2D eigenvalue weighted by atomic mass is 10.1. The summed E-state index contributed by atoms with van der Waals surface area (Å²) in [4.78, 5) is 3.13. The van der Waals surface area contributed by atoms with Crippen molar-refractivity contribution in [2.75, 3.05) is 0 Å². The molecule has 1 heterocycles. The molecule has 2 aromatic rings. The molecule has 0 saturated heterocycles. The maximum atomic E-state index is 13.4. The standard InChI is InChI=1S/C11H7F4NOS/c12-7-4-2-1-3-6(7)9(17)8-5-16-10(18-8)11(13,14)15/h1-5,9,17H. The first kappa shape index (κ1) is 13.0. The number of halogens is 4. The van der Waals surface area contributed by atoms with Crippen LogP contribution in [0.25, 0.3) is 0 Å². The van der Waals surface area contributed by atoms with Gasteiger partial charge in [0.05, 0.1) is 4.88 Å². The molecule has 0 aliphatic heterocycles. The average molecular weight is 277 g/mol. The van der Waals surface area contributed by atoms with E-state index in [-0.39, 0.29) is 10.4 Å². The van der Waals surface area contributed by atoms with E-state index in [0.29, 0.717) is 11.3 Å². The van der Waals surface area contributed by atoms with E-state index in [2.05, 4.69) is 4.98 Å². The van der Waals surface area contributed by atoms with Gasteiger partial charge in [-0.2, -0.15) is 13.2 Å². The van der Waals surface area contributed by atoms with Gasteiger partial charge in [0.15, 0.2) is 5.01 Å². The summed E-state index contributed by atoms with van der Waals surface area (Å²) in [6.07, 6.45) is -5.09. The second-order valence-electron chi connectivity index (χ2n) is 3.49. The van der Waals surface area contributed by atoms with Crippen LogP contribution in [0.1, 0.15) is 21.6 Å². The predicted molar refractivity (Wildman–Crippen MR) is 57.6 cm³/mol. The first-order valence-corrected chi connectivity index (χ1v) is 5.66. The minimum absolute atomic E-state index is 0.0487. The molecule has 7 heteroatoms. The molecule has 0 aliphatic rings. The Balaban J connectivity index is 2.33. The van der Waals surface area contributed by atoms with Crippen LogP contribution in [-0.4, -0.2) is 10.1 Å². The SMILES string of the molecule is OC(c1cnc(C(F)(F)F)s1)c1ccccc1F. The molecule has 1 atom stereocenters. The highest BCUT2D eigenvalue weighted by atomic mass is 32.1. The summed E-state index contributed by atoms with van der Waals surface area (Å²) in [5.41, 5.74) is -0.0742. The van der Waals surface area contributed by atoms with E-state index in [4.69, 9.17) is 0 Å². The highest BCUT2D eigenvalue weighted by Crippen LogP contribution is 2.36. The highest BCUT2D eigenvalue weighted by Gasteiger charge is 2.35. The molecular weight excluding hydrogens is 270 g/mol. The molecule has 1 N–H and O–H groups in total. The van der Waals surface area contributed by atoms with E-state index in [1.165, 1.54) is 18.2 Å². The van der Waals surface area contributed by atoms with Gasteiger partial charge in [-0.25, -0.2) is 9.37 Å². The van der Waals surface area contributed by atoms with E-state index < -0.39 is 23.1 Å². The molecule has 0 bridgehead atoms. The number of rotatable bonds is 2. The van der Waals surface area contributed by atoms with Gasteiger partial charge in [-0.3, -0.25) is 0 Å². The number of hydrogen-bond donors (Lipinski definition) is 1. The summed E-state index contributed by atoms with van der Waals surface area (Å²) < 4.78 is 50.4. The summed E-state index contributed by atoms with van der Waals surface area (Å²) in [6.45, 7) is 0. The number of aliphatic hydroxyl groups is 1. The van der Waals surface area contributed by atoms with Crippen LogP contribution >= 0.6 is 11.3 Å². The van der Waals surface area contributed by atoms with Crippen molar-refractivity contribution in [1.29, 1.82) is 0 Å². The van der Waals surface area contributed by atoms with Gasteiger partial charge in [-0.05, 0) is 6.07 Å². The fraction of sp³-hybridized carbons (Fsp3) is 0.182. The largest absolute Gasteiger partial charge is 0.443 e. The lowest BCUT2D eigenvalue weighted by Gasteiger charge is -2.09. The number of thiazole rings is 1. The Bertz CT molecular complexity index is 552. The zero-order valence-electron chi connectivity index (χ0n) is 8.78. The summed E-state index contributed by atoms with van der Waals surface area (Å²) in [5, 5.41) is 8.75. The summed E-state index contributed by atoms with van der Waals surface area (Å²) in [6, 6.07) is 5.37. The lowest BCUT2D eigenvalue weighted by molar-refractivity contribution is -0.137. The Hall–Kier alpha value is -1.47. The van der Waals surface area contributed by atoms with Crippen molar-refractivity contribution in [1.82, 2.24) is 4.98 Å². The second-order valence-corrected chi connectivity index (χ2v) is 4.55. The van der Waals surface area contributed by atoms with Gasteiger partial charge in [-0.15, -0.1) is 11.3 Å². The molecule has 0 saturated carbocycles. The Morgan fingerprint density at radius 3 is 2.44 bits per heavy atom. The maximum absolute atomic E-state index is 13.4. The first-order valence-electron chi connectivity index (χ1n) is 4.85. The minimum atomic E-state index is -4.56. The maximum Gasteiger partial charge on any atom is 0.443 e. The van der Waals surface area contributed by atoms with Gasteiger partial charge < -0.3 is 5.11 Å². The predicted octanol–water partition coefficient (Wildman–Crippen LogP) is 3.38. The quantitative estimate of drug-likeness (QED) is 0.854. The molecule has 1 aromatic heterocycles. The van der Waals surface area contributed by atoms with Gasteiger partial charge >= 0.3 is 6.18 Å². The van der Waals surface area contributed by atoms with Crippen molar-refractivity contribution in [2.24, 2.45) is 0 Å². The smallest absolute Gasteiger partial charge is 0.383 e. The molecular formula is C11H7F4NOS. The molecule has 0 amide bonds. The molecule has 0 radical (unpaired) electrons. The van der Waals surface area contributed by atoms with Crippen LogP contribution < -0.4 is 0 Å². The molecule has 0 fully saturated rings. The fourth-order valence-corrected chi connectivity index (χ4v) is 2.18. The third-order valence-corrected chi connectivity index (χ3v) is 3.33. The van der Waals surface area contributed by atoms with Crippen molar-refractivity contribution < 1.29 is 22.7 Å². The van der Waals surface area contributed by atoms with Crippen molar-refractivity contribution in [2.45, 2.75) is 12.3 Å². The number of alkyl halides is 3. The van der Waals surface area contributed by atoms with Crippen LogP contribution in [0.2, 0.25) is 0 Å². The molecule has 1 unspecified atom stereocenters. The second kappa shape index (κ2) is 4.66. The molecule has 2 rings (SSSR count). The molecule has 0 aliphatic carbocycles. The number of aliphatic hydroxyl groups excluding tert-OH is 1. The van der Waals surface area contributed by atoms with E-state index in [0.717, 1.165) is 12.3 Å². The molecule has 96 valence electrons. The zero-order valence-corrected chi connectivity index (χ0v) is 9.60. The molecule has 1 aromatic carbocycles. The van der Waals surface area contributed by atoms with Crippen LogP contribution in [0.3, 0.4) is 0 Å². The Morgan fingerprint density at radius 1 is 1.22 bits per heavy atom.